The lowest BCUT2D eigenvalue weighted by atomic mass is 10.2. The van der Waals surface area contributed by atoms with E-state index in [9.17, 15) is 19.7 Å². The third kappa shape index (κ3) is 3.96. The molecule has 1 saturated heterocycles. The fourth-order valence-corrected chi connectivity index (χ4v) is 3.95. The molecule has 1 fully saturated rings. The van der Waals surface area contributed by atoms with Gasteiger partial charge >= 0.3 is 0 Å². The number of hydrogen-bond acceptors (Lipinski definition) is 7. The summed E-state index contributed by atoms with van der Waals surface area (Å²) >= 11 is 1.30. The summed E-state index contributed by atoms with van der Waals surface area (Å²) < 4.78 is 5.12. The number of anilines is 1. The number of nitrogens with zero attached hydrogens (tertiary/aromatic N) is 3. The fourth-order valence-electron chi connectivity index (χ4n) is 2.83. The molecule has 1 N–H and O–H groups in total. The van der Waals surface area contributed by atoms with Crippen molar-refractivity contribution in [1.82, 2.24) is 4.90 Å². The maximum atomic E-state index is 12.3. The number of non-ortho nitro benzene ring substituents is 1. The number of amides is 2. The van der Waals surface area contributed by atoms with E-state index >= 15 is 0 Å². The number of nitro benzene ring substituents is 1. The normalized spacial score (nSPS) is 19.4. The number of carbonyl (C=O) groups excluding carboxylic acids is 2. The molecular formula is C16H18N4O5S. The number of benzene rings is 1. The van der Waals surface area contributed by atoms with Gasteiger partial charge in [0.25, 0.3) is 11.6 Å². The van der Waals surface area contributed by atoms with E-state index in [1.54, 1.807) is 0 Å². The highest BCUT2D eigenvalue weighted by atomic mass is 32.2. The summed E-state index contributed by atoms with van der Waals surface area (Å²) in [6.45, 7) is 1.76. The summed E-state index contributed by atoms with van der Waals surface area (Å²) in [5.74, 6) is -0.436. The van der Waals surface area contributed by atoms with Crippen LogP contribution in [0.2, 0.25) is 0 Å². The number of rotatable bonds is 5. The van der Waals surface area contributed by atoms with Crippen molar-refractivity contribution in [2.75, 3.05) is 25.5 Å². The Bertz CT molecular complexity index is 776. The second-order valence-corrected chi connectivity index (χ2v) is 7.10. The second-order valence-electron chi connectivity index (χ2n) is 5.93. The van der Waals surface area contributed by atoms with Gasteiger partial charge in [0.2, 0.25) is 5.91 Å². The Morgan fingerprint density at radius 1 is 1.46 bits per heavy atom. The molecule has 2 amide bonds. The van der Waals surface area contributed by atoms with E-state index in [0.717, 1.165) is 25.9 Å². The van der Waals surface area contributed by atoms with Crippen molar-refractivity contribution in [3.8, 4) is 5.75 Å². The van der Waals surface area contributed by atoms with Crippen molar-refractivity contribution in [2.45, 2.75) is 24.5 Å². The number of nitro groups is 1. The lowest BCUT2D eigenvalue weighted by Crippen LogP contribution is -2.25. The van der Waals surface area contributed by atoms with Crippen LogP contribution in [0.1, 0.15) is 19.3 Å². The number of nitrogens with one attached hydrogen (secondary N) is 1. The first kappa shape index (κ1) is 18.2. The molecule has 0 aromatic heterocycles. The SMILES string of the molecule is COc1ccc([N+](=O)[O-])cc1NC(=O)C[C@H]1SC(N2CCCC2)=NC1=O. The van der Waals surface area contributed by atoms with E-state index in [0.29, 0.717) is 10.9 Å². The Morgan fingerprint density at radius 3 is 2.85 bits per heavy atom. The van der Waals surface area contributed by atoms with Crippen LogP contribution in [0, 0.1) is 10.1 Å². The molecule has 3 rings (SSSR count). The van der Waals surface area contributed by atoms with Crippen molar-refractivity contribution in [3.63, 3.8) is 0 Å². The van der Waals surface area contributed by atoms with Crippen LogP contribution in [-0.4, -0.2) is 52.3 Å². The van der Waals surface area contributed by atoms with Gasteiger partial charge < -0.3 is 15.0 Å². The van der Waals surface area contributed by atoms with E-state index in [1.165, 1.54) is 37.1 Å². The van der Waals surface area contributed by atoms with Gasteiger partial charge in [0.15, 0.2) is 5.17 Å². The van der Waals surface area contributed by atoms with Crippen LogP contribution in [0.3, 0.4) is 0 Å². The molecule has 1 aromatic carbocycles. The molecule has 0 aliphatic carbocycles. The zero-order valence-corrected chi connectivity index (χ0v) is 15.0. The monoisotopic (exact) mass is 378 g/mol. The zero-order chi connectivity index (χ0) is 18.7. The predicted octanol–water partition coefficient (Wildman–Crippen LogP) is 2.03. The smallest absolute Gasteiger partial charge is 0.271 e. The Morgan fingerprint density at radius 2 is 2.19 bits per heavy atom. The third-order valence-corrected chi connectivity index (χ3v) is 5.36. The Hall–Kier alpha value is -2.62. The largest absolute Gasteiger partial charge is 0.495 e. The van der Waals surface area contributed by atoms with Gasteiger partial charge in [-0.2, -0.15) is 4.99 Å². The van der Waals surface area contributed by atoms with E-state index in [1.807, 2.05) is 0 Å². The Kier molecular flexibility index (Phi) is 5.40. The number of amidine groups is 1. The highest BCUT2D eigenvalue weighted by Crippen LogP contribution is 2.31. The molecule has 2 aliphatic heterocycles. The van der Waals surface area contributed by atoms with E-state index in [4.69, 9.17) is 4.74 Å². The first-order valence-electron chi connectivity index (χ1n) is 8.14. The van der Waals surface area contributed by atoms with Gasteiger partial charge in [-0.1, -0.05) is 11.8 Å². The first-order valence-corrected chi connectivity index (χ1v) is 9.02. The van der Waals surface area contributed by atoms with Gasteiger partial charge in [-0.05, 0) is 18.9 Å². The molecule has 2 heterocycles. The maximum Gasteiger partial charge on any atom is 0.271 e. The number of likely N-dealkylation sites (tertiary alicyclic amines) is 1. The molecule has 0 radical (unpaired) electrons. The van der Waals surface area contributed by atoms with Crippen LogP contribution in [0.5, 0.6) is 5.75 Å². The molecule has 0 saturated carbocycles. The van der Waals surface area contributed by atoms with Gasteiger partial charge in [0.05, 0.1) is 17.7 Å². The van der Waals surface area contributed by atoms with Gasteiger partial charge in [-0.15, -0.1) is 0 Å². The zero-order valence-electron chi connectivity index (χ0n) is 14.1. The van der Waals surface area contributed by atoms with Gasteiger partial charge in [0, 0.05) is 31.6 Å². The fraction of sp³-hybridized carbons (Fsp3) is 0.438. The molecule has 0 unspecified atom stereocenters. The van der Waals surface area contributed by atoms with Gasteiger partial charge in [-0.3, -0.25) is 19.7 Å². The van der Waals surface area contributed by atoms with Gasteiger partial charge in [-0.25, -0.2) is 0 Å². The number of carbonyl (C=O) groups is 2. The summed E-state index contributed by atoms with van der Waals surface area (Å²) in [4.78, 5) is 40.9. The quantitative estimate of drug-likeness (QED) is 0.616. The van der Waals surface area contributed by atoms with Crippen LogP contribution in [0.15, 0.2) is 23.2 Å². The topological polar surface area (TPSA) is 114 Å². The Labute approximate surface area is 153 Å². The average Bonchev–Trinajstić information content (AvgIpc) is 3.25. The average molecular weight is 378 g/mol. The summed E-state index contributed by atoms with van der Waals surface area (Å²) in [5, 5.41) is 13.6. The molecule has 10 heteroatoms. The number of hydrogen-bond donors (Lipinski definition) is 1. The van der Waals surface area contributed by atoms with Crippen molar-refractivity contribution < 1.29 is 19.2 Å². The maximum absolute atomic E-state index is 12.3. The highest BCUT2D eigenvalue weighted by molar-refractivity contribution is 8.15. The Balaban J connectivity index is 1.63. The van der Waals surface area contributed by atoms with E-state index in [2.05, 4.69) is 15.2 Å². The lowest BCUT2D eigenvalue weighted by molar-refractivity contribution is -0.384. The minimum Gasteiger partial charge on any atom is -0.495 e. The molecule has 9 nitrogen and oxygen atoms in total. The predicted molar refractivity (Wildman–Crippen MR) is 97.5 cm³/mol. The van der Waals surface area contributed by atoms with Gasteiger partial charge in [0.1, 0.15) is 11.0 Å². The molecule has 1 atom stereocenters. The highest BCUT2D eigenvalue weighted by Gasteiger charge is 2.34. The molecule has 2 aliphatic rings. The van der Waals surface area contributed by atoms with Crippen LogP contribution in [0.4, 0.5) is 11.4 Å². The lowest BCUT2D eigenvalue weighted by Gasteiger charge is -2.16. The van der Waals surface area contributed by atoms with Crippen LogP contribution in [-0.2, 0) is 9.59 Å². The summed E-state index contributed by atoms with van der Waals surface area (Å²) in [5.41, 5.74) is 0.0369. The molecule has 1 aromatic rings. The summed E-state index contributed by atoms with van der Waals surface area (Å²) in [7, 11) is 1.41. The minimum absolute atomic E-state index is 0.0593. The first-order chi connectivity index (χ1) is 12.5. The van der Waals surface area contributed by atoms with Crippen molar-refractivity contribution >= 4 is 40.1 Å². The summed E-state index contributed by atoms with van der Waals surface area (Å²) in [6.07, 6.45) is 2.09. The van der Waals surface area contributed by atoms with E-state index < -0.39 is 16.1 Å². The van der Waals surface area contributed by atoms with Crippen molar-refractivity contribution in [1.29, 1.82) is 0 Å². The molecule has 138 valence electrons. The number of thioether (sulfide) groups is 1. The molecule has 0 bridgehead atoms. The van der Waals surface area contributed by atoms with Crippen LogP contribution < -0.4 is 10.1 Å². The van der Waals surface area contributed by atoms with Crippen molar-refractivity contribution in [3.05, 3.63) is 28.3 Å². The molecular weight excluding hydrogens is 360 g/mol. The number of aliphatic imine (C=N–C) groups is 1. The van der Waals surface area contributed by atoms with E-state index in [-0.39, 0.29) is 23.7 Å². The second kappa shape index (κ2) is 7.73. The summed E-state index contributed by atoms with van der Waals surface area (Å²) in [6, 6.07) is 3.94. The van der Waals surface area contributed by atoms with Crippen molar-refractivity contribution in [2.24, 2.45) is 4.99 Å². The minimum atomic E-state index is -0.574. The number of ether oxygens (including phenoxy) is 1. The van der Waals surface area contributed by atoms with Crippen LogP contribution in [0.25, 0.3) is 0 Å². The third-order valence-electron chi connectivity index (χ3n) is 4.14. The molecule has 26 heavy (non-hydrogen) atoms. The van der Waals surface area contributed by atoms with Crippen LogP contribution >= 0.6 is 11.8 Å². The molecule has 0 spiro atoms. The number of methoxy groups -OCH3 is 1. The standard InChI is InChI=1S/C16H18N4O5S/c1-25-12-5-4-10(20(23)24)8-11(12)17-14(21)9-13-15(22)18-16(26-13)19-6-2-3-7-19/h4-5,8,13H,2-3,6-7,9H2,1H3,(H,17,21)/t13-/m1/s1.